The van der Waals surface area contributed by atoms with E-state index in [1.165, 1.54) is 37.2 Å². The van der Waals surface area contributed by atoms with Crippen LogP contribution in [-0.4, -0.2) is 42.3 Å². The fraction of sp³-hybridized carbons (Fsp3) is 0.273. The molecule has 1 aromatic carbocycles. The molecular weight excluding hydrogens is 318 g/mol. The molecule has 0 aliphatic rings. The predicted molar refractivity (Wildman–Crippen MR) is 71.8 cm³/mol. The van der Waals surface area contributed by atoms with Crippen molar-refractivity contribution in [2.75, 3.05) is 20.6 Å². The van der Waals surface area contributed by atoms with Gasteiger partial charge in [-0.05, 0) is 28.1 Å². The maximum atomic E-state index is 12.0. The van der Waals surface area contributed by atoms with Crippen LogP contribution in [0.15, 0.2) is 22.7 Å². The third-order valence-electron chi connectivity index (χ3n) is 2.40. The van der Waals surface area contributed by atoms with Crippen molar-refractivity contribution >= 4 is 33.4 Å². The van der Waals surface area contributed by atoms with E-state index in [-0.39, 0.29) is 23.7 Å². The SMILES string of the molecule is CNC(=O)CN(C)C(=O)c1ccc(Br)c([N+](=O)[O-])c1. The van der Waals surface area contributed by atoms with Crippen LogP contribution in [0.5, 0.6) is 0 Å². The number of nitro groups is 1. The minimum Gasteiger partial charge on any atom is -0.358 e. The first-order chi connectivity index (χ1) is 8.86. The second kappa shape index (κ2) is 6.28. The molecule has 0 spiro atoms. The zero-order chi connectivity index (χ0) is 14.6. The van der Waals surface area contributed by atoms with E-state index in [0.717, 1.165) is 0 Å². The van der Waals surface area contributed by atoms with Crippen LogP contribution in [0.2, 0.25) is 0 Å². The molecule has 0 atom stereocenters. The largest absolute Gasteiger partial charge is 0.358 e. The molecule has 102 valence electrons. The smallest absolute Gasteiger partial charge is 0.284 e. The van der Waals surface area contributed by atoms with Crippen molar-refractivity contribution in [2.24, 2.45) is 0 Å². The van der Waals surface area contributed by atoms with E-state index in [0.29, 0.717) is 4.47 Å². The number of rotatable bonds is 4. The van der Waals surface area contributed by atoms with Crippen molar-refractivity contribution in [2.45, 2.75) is 0 Å². The Morgan fingerprint density at radius 3 is 2.63 bits per heavy atom. The number of hydrogen-bond acceptors (Lipinski definition) is 4. The standard InChI is InChI=1S/C11H12BrN3O4/c1-13-10(16)6-14(2)11(17)7-3-4-8(12)9(5-7)15(18)19/h3-5H,6H2,1-2H3,(H,13,16). The van der Waals surface area contributed by atoms with Crippen LogP contribution in [0.25, 0.3) is 0 Å². The summed E-state index contributed by atoms with van der Waals surface area (Å²) in [6, 6.07) is 4.06. The molecule has 2 amide bonds. The number of nitro benzene ring substituents is 1. The first-order valence-electron chi connectivity index (χ1n) is 5.26. The van der Waals surface area contributed by atoms with Crippen molar-refractivity contribution in [3.8, 4) is 0 Å². The van der Waals surface area contributed by atoms with Gasteiger partial charge in [0.15, 0.2) is 0 Å². The van der Waals surface area contributed by atoms with E-state index in [9.17, 15) is 19.7 Å². The van der Waals surface area contributed by atoms with E-state index in [4.69, 9.17) is 0 Å². The molecule has 0 saturated heterocycles. The van der Waals surface area contributed by atoms with Crippen LogP contribution in [0.3, 0.4) is 0 Å². The van der Waals surface area contributed by atoms with Gasteiger partial charge in [-0.2, -0.15) is 0 Å². The zero-order valence-corrected chi connectivity index (χ0v) is 11.9. The third-order valence-corrected chi connectivity index (χ3v) is 3.07. The Hall–Kier alpha value is -1.96. The van der Waals surface area contributed by atoms with Gasteiger partial charge in [0.2, 0.25) is 5.91 Å². The quantitative estimate of drug-likeness (QED) is 0.663. The second-order valence-corrected chi connectivity index (χ2v) is 4.61. The average molecular weight is 330 g/mol. The summed E-state index contributed by atoms with van der Waals surface area (Å²) in [5.41, 5.74) is -0.0412. The summed E-state index contributed by atoms with van der Waals surface area (Å²) >= 11 is 3.04. The van der Waals surface area contributed by atoms with Gasteiger partial charge < -0.3 is 10.2 Å². The molecule has 7 nitrogen and oxygen atoms in total. The molecule has 0 unspecified atom stereocenters. The Labute approximate surface area is 117 Å². The Kier molecular flexibility index (Phi) is 4.99. The van der Waals surface area contributed by atoms with E-state index in [1.54, 1.807) is 0 Å². The maximum Gasteiger partial charge on any atom is 0.284 e. The van der Waals surface area contributed by atoms with Gasteiger partial charge in [0.25, 0.3) is 11.6 Å². The third kappa shape index (κ3) is 3.75. The summed E-state index contributed by atoms with van der Waals surface area (Å²) in [4.78, 5) is 34.5. The molecule has 8 heteroatoms. The molecule has 0 bridgehead atoms. The first kappa shape index (κ1) is 15.1. The molecule has 19 heavy (non-hydrogen) atoms. The normalized spacial score (nSPS) is 9.84. The van der Waals surface area contributed by atoms with Gasteiger partial charge in [-0.25, -0.2) is 0 Å². The highest BCUT2D eigenvalue weighted by atomic mass is 79.9. The van der Waals surface area contributed by atoms with Gasteiger partial charge in [-0.1, -0.05) is 0 Å². The lowest BCUT2D eigenvalue weighted by atomic mass is 10.2. The number of carbonyl (C=O) groups excluding carboxylic acids is 2. The summed E-state index contributed by atoms with van der Waals surface area (Å²) in [6.45, 7) is -0.112. The molecule has 0 heterocycles. The summed E-state index contributed by atoms with van der Waals surface area (Å²) in [6.07, 6.45) is 0. The fourth-order valence-corrected chi connectivity index (χ4v) is 1.76. The fourth-order valence-electron chi connectivity index (χ4n) is 1.37. The van der Waals surface area contributed by atoms with Crippen molar-refractivity contribution in [1.29, 1.82) is 0 Å². The van der Waals surface area contributed by atoms with E-state index in [2.05, 4.69) is 21.2 Å². The van der Waals surface area contributed by atoms with Crippen LogP contribution in [0, 0.1) is 10.1 Å². The highest BCUT2D eigenvalue weighted by Gasteiger charge is 2.19. The van der Waals surface area contributed by atoms with Gasteiger partial charge >= 0.3 is 0 Å². The Balaban J connectivity index is 2.97. The highest BCUT2D eigenvalue weighted by molar-refractivity contribution is 9.10. The predicted octanol–water partition coefficient (Wildman–Crippen LogP) is 1.18. The minimum atomic E-state index is -0.584. The van der Waals surface area contributed by atoms with Crippen LogP contribution in [-0.2, 0) is 4.79 Å². The lowest BCUT2D eigenvalue weighted by Crippen LogP contribution is -2.36. The molecule has 0 saturated carbocycles. The van der Waals surface area contributed by atoms with E-state index in [1.807, 2.05) is 0 Å². The monoisotopic (exact) mass is 329 g/mol. The number of nitrogens with zero attached hydrogens (tertiary/aromatic N) is 2. The number of hydrogen-bond donors (Lipinski definition) is 1. The van der Waals surface area contributed by atoms with Gasteiger partial charge in [-0.15, -0.1) is 0 Å². The summed E-state index contributed by atoms with van der Waals surface area (Å²) in [7, 11) is 2.91. The lowest BCUT2D eigenvalue weighted by Gasteiger charge is -2.16. The van der Waals surface area contributed by atoms with Crippen LogP contribution < -0.4 is 5.32 Å². The molecule has 0 radical (unpaired) electrons. The zero-order valence-electron chi connectivity index (χ0n) is 10.3. The van der Waals surface area contributed by atoms with Crippen LogP contribution >= 0.6 is 15.9 Å². The van der Waals surface area contributed by atoms with Gasteiger partial charge in [0.05, 0.1) is 15.9 Å². The summed E-state index contributed by atoms with van der Waals surface area (Å²) in [5.74, 6) is -0.776. The Morgan fingerprint density at radius 1 is 1.47 bits per heavy atom. The van der Waals surface area contributed by atoms with Crippen molar-refractivity contribution in [3.63, 3.8) is 0 Å². The molecule has 1 aromatic rings. The second-order valence-electron chi connectivity index (χ2n) is 3.76. The summed E-state index contributed by atoms with van der Waals surface area (Å²) in [5, 5.41) is 13.2. The number of halogens is 1. The van der Waals surface area contributed by atoms with Gasteiger partial charge in [0, 0.05) is 25.7 Å². The molecule has 0 fully saturated rings. The van der Waals surface area contributed by atoms with Gasteiger partial charge in [0.1, 0.15) is 0 Å². The lowest BCUT2D eigenvalue weighted by molar-refractivity contribution is -0.385. The average Bonchev–Trinajstić information content (AvgIpc) is 2.37. The number of carbonyl (C=O) groups is 2. The maximum absolute atomic E-state index is 12.0. The molecular formula is C11H12BrN3O4. The molecule has 0 aromatic heterocycles. The van der Waals surface area contributed by atoms with Crippen molar-refractivity contribution in [3.05, 3.63) is 38.3 Å². The topological polar surface area (TPSA) is 92.6 Å². The molecule has 0 aliphatic carbocycles. The number of nitrogens with one attached hydrogen (secondary N) is 1. The number of benzene rings is 1. The summed E-state index contributed by atoms with van der Waals surface area (Å²) < 4.78 is 0.294. The number of amides is 2. The van der Waals surface area contributed by atoms with Gasteiger partial charge in [-0.3, -0.25) is 19.7 Å². The molecule has 1 N–H and O–H groups in total. The molecule has 0 aliphatic heterocycles. The highest BCUT2D eigenvalue weighted by Crippen LogP contribution is 2.25. The van der Waals surface area contributed by atoms with Crippen molar-refractivity contribution in [1.82, 2.24) is 10.2 Å². The minimum absolute atomic E-state index is 0.112. The van der Waals surface area contributed by atoms with Crippen LogP contribution in [0.4, 0.5) is 5.69 Å². The molecule has 1 rings (SSSR count). The first-order valence-corrected chi connectivity index (χ1v) is 6.06. The van der Waals surface area contributed by atoms with E-state index >= 15 is 0 Å². The van der Waals surface area contributed by atoms with E-state index < -0.39 is 10.8 Å². The Bertz CT molecular complexity index is 533. The van der Waals surface area contributed by atoms with Crippen molar-refractivity contribution < 1.29 is 14.5 Å². The Morgan fingerprint density at radius 2 is 2.11 bits per heavy atom. The number of likely N-dealkylation sites (N-methyl/N-ethyl adjacent to an activating group) is 2. The van der Waals surface area contributed by atoms with Crippen LogP contribution in [0.1, 0.15) is 10.4 Å².